The van der Waals surface area contributed by atoms with Gasteiger partial charge in [0.1, 0.15) is 5.82 Å². The summed E-state index contributed by atoms with van der Waals surface area (Å²) < 4.78 is 18.7. The lowest BCUT2D eigenvalue weighted by molar-refractivity contribution is 0.0215. The van der Waals surface area contributed by atoms with Gasteiger partial charge in [-0.15, -0.1) is 10.2 Å². The highest BCUT2D eigenvalue weighted by molar-refractivity contribution is 5.59. The van der Waals surface area contributed by atoms with Gasteiger partial charge >= 0.3 is 0 Å². The Labute approximate surface area is 129 Å². The van der Waals surface area contributed by atoms with Crippen molar-refractivity contribution in [2.24, 2.45) is 0 Å². The molecule has 1 aliphatic heterocycles. The summed E-state index contributed by atoms with van der Waals surface area (Å²) in [5.74, 6) is 0.570. The number of rotatable bonds is 4. The summed E-state index contributed by atoms with van der Waals surface area (Å²) >= 11 is 0. The predicted molar refractivity (Wildman–Crippen MR) is 84.3 cm³/mol. The maximum atomic E-state index is 12.9. The Morgan fingerprint density at radius 3 is 2.59 bits per heavy atom. The zero-order chi connectivity index (χ0) is 15.4. The molecule has 4 nitrogen and oxygen atoms in total. The maximum Gasteiger partial charge on any atom is 0.151 e. The van der Waals surface area contributed by atoms with Gasteiger partial charge in [-0.05, 0) is 55.7 Å². The van der Waals surface area contributed by atoms with E-state index in [0.717, 1.165) is 43.1 Å². The van der Waals surface area contributed by atoms with Crippen LogP contribution in [0, 0.1) is 5.82 Å². The quantitative estimate of drug-likeness (QED) is 0.868. The Morgan fingerprint density at radius 1 is 1.14 bits per heavy atom. The molecule has 0 amide bonds. The molecule has 0 aliphatic carbocycles. The number of likely N-dealkylation sites (N-methyl/N-ethyl adjacent to an activating group) is 1. The summed E-state index contributed by atoms with van der Waals surface area (Å²) in [4.78, 5) is 2.07. The van der Waals surface area contributed by atoms with Crippen LogP contribution in [0.2, 0.25) is 0 Å². The number of nitrogens with zero attached hydrogens (tertiary/aromatic N) is 3. The molecule has 22 heavy (non-hydrogen) atoms. The van der Waals surface area contributed by atoms with Crippen LogP contribution < -0.4 is 4.90 Å². The van der Waals surface area contributed by atoms with Gasteiger partial charge in [0.05, 0.1) is 11.8 Å². The SMILES string of the molecule is CN(CC1CCCCO1)c1ccc(-c2ccc(F)cc2)nn1. The van der Waals surface area contributed by atoms with E-state index in [4.69, 9.17) is 4.74 Å². The van der Waals surface area contributed by atoms with Crippen molar-refractivity contribution in [1.82, 2.24) is 10.2 Å². The monoisotopic (exact) mass is 301 g/mol. The molecule has 0 radical (unpaired) electrons. The summed E-state index contributed by atoms with van der Waals surface area (Å²) in [5.41, 5.74) is 1.60. The van der Waals surface area contributed by atoms with Gasteiger partial charge in [0.2, 0.25) is 0 Å². The Hall–Kier alpha value is -2.01. The molecule has 1 aromatic heterocycles. The van der Waals surface area contributed by atoms with Crippen molar-refractivity contribution >= 4 is 5.82 Å². The second-order valence-electron chi connectivity index (χ2n) is 5.65. The Bertz CT molecular complexity index is 594. The molecular weight excluding hydrogens is 281 g/mol. The fraction of sp³-hybridized carbons (Fsp3) is 0.412. The van der Waals surface area contributed by atoms with E-state index in [0.29, 0.717) is 0 Å². The molecule has 1 aliphatic rings. The second kappa shape index (κ2) is 6.83. The van der Waals surface area contributed by atoms with Crippen LogP contribution in [0.15, 0.2) is 36.4 Å². The number of anilines is 1. The van der Waals surface area contributed by atoms with Crippen molar-refractivity contribution in [3.8, 4) is 11.3 Å². The minimum atomic E-state index is -0.249. The molecule has 2 heterocycles. The lowest BCUT2D eigenvalue weighted by Gasteiger charge is -2.27. The largest absolute Gasteiger partial charge is 0.376 e. The number of halogens is 1. The van der Waals surface area contributed by atoms with Gasteiger partial charge in [0.15, 0.2) is 5.82 Å². The van der Waals surface area contributed by atoms with E-state index in [2.05, 4.69) is 15.1 Å². The zero-order valence-electron chi connectivity index (χ0n) is 12.7. The topological polar surface area (TPSA) is 38.2 Å². The fourth-order valence-corrected chi connectivity index (χ4v) is 2.65. The van der Waals surface area contributed by atoms with Crippen LogP contribution in [-0.2, 0) is 4.74 Å². The maximum absolute atomic E-state index is 12.9. The first-order valence-corrected chi connectivity index (χ1v) is 7.65. The molecule has 0 saturated carbocycles. The highest BCUT2D eigenvalue weighted by Crippen LogP contribution is 2.20. The molecule has 3 rings (SSSR count). The van der Waals surface area contributed by atoms with E-state index >= 15 is 0 Å². The van der Waals surface area contributed by atoms with Gasteiger partial charge in [-0.2, -0.15) is 0 Å². The number of hydrogen-bond donors (Lipinski definition) is 0. The standard InChI is InChI=1S/C17H20FN3O/c1-21(12-15-4-2-3-11-22-15)17-10-9-16(19-20-17)13-5-7-14(18)8-6-13/h5-10,15H,2-4,11-12H2,1H3. The van der Waals surface area contributed by atoms with Crippen molar-refractivity contribution in [2.75, 3.05) is 25.1 Å². The van der Waals surface area contributed by atoms with Crippen LogP contribution in [0.5, 0.6) is 0 Å². The van der Waals surface area contributed by atoms with E-state index in [-0.39, 0.29) is 11.9 Å². The average Bonchev–Trinajstić information content (AvgIpc) is 2.57. The summed E-state index contributed by atoms with van der Waals surface area (Å²) in [7, 11) is 2.00. The van der Waals surface area contributed by atoms with Gasteiger partial charge in [-0.25, -0.2) is 4.39 Å². The van der Waals surface area contributed by atoms with E-state index in [9.17, 15) is 4.39 Å². The van der Waals surface area contributed by atoms with Crippen LogP contribution in [0.3, 0.4) is 0 Å². The molecule has 116 valence electrons. The van der Waals surface area contributed by atoms with E-state index in [1.165, 1.54) is 18.6 Å². The first-order valence-electron chi connectivity index (χ1n) is 7.65. The minimum Gasteiger partial charge on any atom is -0.376 e. The smallest absolute Gasteiger partial charge is 0.151 e. The summed E-state index contributed by atoms with van der Waals surface area (Å²) in [6.07, 6.45) is 3.77. The molecule has 1 aromatic carbocycles. The third-order valence-corrected chi connectivity index (χ3v) is 3.93. The normalized spacial score (nSPS) is 18.2. The first-order chi connectivity index (χ1) is 10.7. The molecule has 0 bridgehead atoms. The van der Waals surface area contributed by atoms with Gasteiger partial charge in [-0.1, -0.05) is 0 Å². The third kappa shape index (κ3) is 3.60. The zero-order valence-corrected chi connectivity index (χ0v) is 12.7. The lowest BCUT2D eigenvalue weighted by atomic mass is 10.1. The molecule has 1 atom stereocenters. The Morgan fingerprint density at radius 2 is 1.95 bits per heavy atom. The van der Waals surface area contributed by atoms with E-state index in [1.807, 2.05) is 19.2 Å². The number of ether oxygens (including phenoxy) is 1. The van der Waals surface area contributed by atoms with Crippen LogP contribution in [-0.4, -0.2) is 36.5 Å². The van der Waals surface area contributed by atoms with Gasteiger partial charge in [0.25, 0.3) is 0 Å². The molecule has 2 aromatic rings. The number of hydrogen-bond acceptors (Lipinski definition) is 4. The molecular formula is C17H20FN3O. The van der Waals surface area contributed by atoms with Crippen molar-refractivity contribution in [1.29, 1.82) is 0 Å². The van der Waals surface area contributed by atoms with Gasteiger partial charge in [-0.3, -0.25) is 0 Å². The van der Waals surface area contributed by atoms with Gasteiger partial charge in [0, 0.05) is 25.8 Å². The molecule has 1 saturated heterocycles. The first kappa shape index (κ1) is 14.9. The van der Waals surface area contributed by atoms with Gasteiger partial charge < -0.3 is 9.64 Å². The molecule has 0 N–H and O–H groups in total. The highest BCUT2D eigenvalue weighted by Gasteiger charge is 2.16. The van der Waals surface area contributed by atoms with Crippen LogP contribution >= 0.6 is 0 Å². The molecule has 0 spiro atoms. The minimum absolute atomic E-state index is 0.249. The summed E-state index contributed by atoms with van der Waals surface area (Å²) in [6, 6.07) is 10.1. The van der Waals surface area contributed by atoms with Crippen molar-refractivity contribution < 1.29 is 9.13 Å². The second-order valence-corrected chi connectivity index (χ2v) is 5.65. The van der Waals surface area contributed by atoms with Crippen LogP contribution in [0.4, 0.5) is 10.2 Å². The Kier molecular flexibility index (Phi) is 4.63. The fourth-order valence-electron chi connectivity index (χ4n) is 2.65. The lowest BCUT2D eigenvalue weighted by Crippen LogP contribution is -2.33. The number of benzene rings is 1. The Balaban J connectivity index is 1.66. The summed E-state index contributed by atoms with van der Waals surface area (Å²) in [5, 5.41) is 8.51. The molecule has 1 fully saturated rings. The summed E-state index contributed by atoms with van der Waals surface area (Å²) in [6.45, 7) is 1.68. The average molecular weight is 301 g/mol. The molecule has 5 heteroatoms. The van der Waals surface area contributed by atoms with Crippen molar-refractivity contribution in [3.05, 3.63) is 42.2 Å². The van der Waals surface area contributed by atoms with Crippen molar-refractivity contribution in [2.45, 2.75) is 25.4 Å². The highest BCUT2D eigenvalue weighted by atomic mass is 19.1. The predicted octanol–water partition coefficient (Wildman–Crippen LogP) is 3.29. The number of aromatic nitrogens is 2. The molecule has 1 unspecified atom stereocenters. The van der Waals surface area contributed by atoms with Crippen LogP contribution in [0.1, 0.15) is 19.3 Å². The van der Waals surface area contributed by atoms with Crippen molar-refractivity contribution in [3.63, 3.8) is 0 Å². The van der Waals surface area contributed by atoms with E-state index < -0.39 is 0 Å². The van der Waals surface area contributed by atoms with E-state index in [1.54, 1.807) is 12.1 Å². The van der Waals surface area contributed by atoms with Crippen LogP contribution in [0.25, 0.3) is 11.3 Å². The third-order valence-electron chi connectivity index (χ3n) is 3.93.